The highest BCUT2D eigenvalue weighted by Crippen LogP contribution is 2.35. The second-order valence-corrected chi connectivity index (χ2v) is 10.6. The van der Waals surface area contributed by atoms with Gasteiger partial charge >= 0.3 is 5.69 Å². The largest absolute Gasteiger partial charge is 0.453 e. The number of aliphatic hydroxyl groups excluding tert-OH is 1. The number of benzene rings is 2. The van der Waals surface area contributed by atoms with Crippen molar-refractivity contribution in [3.8, 4) is 17.2 Å². The number of aliphatic hydroxyl groups is 1. The van der Waals surface area contributed by atoms with Crippen molar-refractivity contribution >= 4 is 28.4 Å². The first kappa shape index (κ1) is 28.7. The number of amides is 1. The first-order valence-electron chi connectivity index (χ1n) is 13.8. The number of hydrogen-bond donors (Lipinski definition) is 4. The Balaban J connectivity index is 1.28. The third-order valence-electron chi connectivity index (χ3n) is 7.13. The van der Waals surface area contributed by atoms with Gasteiger partial charge in [0.25, 0.3) is 11.5 Å². The van der Waals surface area contributed by atoms with E-state index in [2.05, 4.69) is 25.8 Å². The number of hydrogen-bond acceptors (Lipinski definition) is 8. The number of aromatic nitrogens is 5. The fraction of sp³-hybridized carbons (Fsp3) is 0.233. The molecule has 1 saturated carbocycles. The predicted octanol–water partition coefficient (Wildman–Crippen LogP) is 3.80. The number of pyridine rings is 1. The van der Waals surface area contributed by atoms with Crippen LogP contribution in [-0.4, -0.2) is 48.0 Å². The van der Waals surface area contributed by atoms with Gasteiger partial charge in [0.2, 0.25) is 0 Å². The quantitative estimate of drug-likeness (QED) is 0.188. The highest BCUT2D eigenvalue weighted by Gasteiger charge is 2.25. The number of H-pyrrole nitrogens is 1. The normalized spacial score (nSPS) is 13.5. The lowest BCUT2D eigenvalue weighted by molar-refractivity contribution is 0.102. The Hall–Kier alpha value is -5.37. The summed E-state index contributed by atoms with van der Waals surface area (Å²) in [5, 5.41) is 22.3. The third kappa shape index (κ3) is 5.79. The summed E-state index contributed by atoms with van der Waals surface area (Å²) in [5.41, 5.74) is -1.35. The highest BCUT2D eigenvalue weighted by molar-refractivity contribution is 6.04. The van der Waals surface area contributed by atoms with Crippen molar-refractivity contribution in [3.05, 3.63) is 99.0 Å². The SMILES string of the molecule is CC(CO)Nc1n[nH]c2nccc(Oc3ccc(NC(=O)c4cn(CC5CC5)c(=O)n(-c5ccc(F)cc5)c4=O)cc3F)c12. The predicted molar refractivity (Wildman–Crippen MR) is 157 cm³/mol. The molecule has 0 bridgehead atoms. The van der Waals surface area contributed by atoms with Crippen LogP contribution < -0.4 is 26.6 Å². The van der Waals surface area contributed by atoms with Crippen LogP contribution in [0.2, 0.25) is 0 Å². The van der Waals surface area contributed by atoms with E-state index in [-0.39, 0.29) is 47.0 Å². The van der Waals surface area contributed by atoms with Gasteiger partial charge < -0.3 is 20.5 Å². The first-order valence-corrected chi connectivity index (χ1v) is 13.8. The number of fused-ring (bicyclic) bond motifs is 1. The number of carbonyl (C=O) groups excluding carboxylic acids is 1. The number of nitrogens with zero attached hydrogens (tertiary/aromatic N) is 4. The summed E-state index contributed by atoms with van der Waals surface area (Å²) in [5.74, 6) is -1.51. The second kappa shape index (κ2) is 11.7. The van der Waals surface area contributed by atoms with Gasteiger partial charge in [-0.05, 0) is 62.1 Å². The van der Waals surface area contributed by atoms with Gasteiger partial charge in [0.05, 0.1) is 12.3 Å². The number of rotatable bonds is 10. The molecule has 1 fully saturated rings. The number of halogens is 2. The van der Waals surface area contributed by atoms with E-state index in [9.17, 15) is 23.9 Å². The molecule has 226 valence electrons. The molecule has 1 aliphatic carbocycles. The van der Waals surface area contributed by atoms with Crippen molar-refractivity contribution in [2.45, 2.75) is 32.4 Å². The Morgan fingerprint density at radius 2 is 1.91 bits per heavy atom. The van der Waals surface area contributed by atoms with Gasteiger partial charge in [0.1, 0.15) is 22.5 Å². The smallest absolute Gasteiger partial charge is 0.335 e. The lowest BCUT2D eigenvalue weighted by Crippen LogP contribution is -2.42. The lowest BCUT2D eigenvalue weighted by atomic mass is 10.2. The van der Waals surface area contributed by atoms with E-state index in [0.29, 0.717) is 23.4 Å². The molecule has 0 aliphatic heterocycles. The zero-order chi connectivity index (χ0) is 31.0. The van der Waals surface area contributed by atoms with E-state index in [4.69, 9.17) is 4.74 Å². The minimum atomic E-state index is -0.895. The number of nitrogens with one attached hydrogen (secondary N) is 3. The van der Waals surface area contributed by atoms with Crippen LogP contribution in [0.15, 0.2) is 70.5 Å². The molecule has 3 heterocycles. The van der Waals surface area contributed by atoms with Gasteiger partial charge in [-0.15, -0.1) is 0 Å². The second-order valence-electron chi connectivity index (χ2n) is 10.6. The van der Waals surface area contributed by atoms with Crippen LogP contribution in [0.3, 0.4) is 0 Å². The molecule has 0 spiro atoms. The summed E-state index contributed by atoms with van der Waals surface area (Å²) < 4.78 is 36.7. The Morgan fingerprint density at radius 1 is 1.14 bits per heavy atom. The van der Waals surface area contributed by atoms with E-state index in [1.54, 1.807) is 6.92 Å². The molecule has 6 rings (SSSR count). The number of carbonyl (C=O) groups is 1. The maximum Gasteiger partial charge on any atom is 0.335 e. The van der Waals surface area contributed by atoms with Crippen molar-refractivity contribution in [3.63, 3.8) is 0 Å². The van der Waals surface area contributed by atoms with E-state index < -0.39 is 28.8 Å². The van der Waals surface area contributed by atoms with Gasteiger partial charge in [-0.1, -0.05) is 0 Å². The summed E-state index contributed by atoms with van der Waals surface area (Å²) in [7, 11) is 0. The lowest BCUT2D eigenvalue weighted by Gasteiger charge is -2.14. The van der Waals surface area contributed by atoms with Crippen LogP contribution in [0.25, 0.3) is 16.7 Å². The molecule has 4 N–H and O–H groups in total. The Bertz CT molecular complexity index is 1980. The Labute approximate surface area is 247 Å². The summed E-state index contributed by atoms with van der Waals surface area (Å²) in [6, 6.07) is 9.74. The van der Waals surface area contributed by atoms with Gasteiger partial charge in [0.15, 0.2) is 23.0 Å². The molecule has 12 nitrogen and oxygen atoms in total. The molecule has 2 aromatic carbocycles. The summed E-state index contributed by atoms with van der Waals surface area (Å²) in [6.45, 7) is 1.93. The summed E-state index contributed by atoms with van der Waals surface area (Å²) in [4.78, 5) is 44.0. The van der Waals surface area contributed by atoms with Crippen LogP contribution in [0, 0.1) is 17.6 Å². The van der Waals surface area contributed by atoms with Crippen LogP contribution in [0.1, 0.15) is 30.1 Å². The molecule has 44 heavy (non-hydrogen) atoms. The molecule has 1 unspecified atom stereocenters. The van der Waals surface area contributed by atoms with Crippen molar-refractivity contribution in [1.29, 1.82) is 0 Å². The monoisotopic (exact) mass is 603 g/mol. The molecule has 0 radical (unpaired) electrons. The van der Waals surface area contributed by atoms with Crippen LogP contribution >= 0.6 is 0 Å². The minimum absolute atomic E-state index is 0.0369. The first-order chi connectivity index (χ1) is 21.2. The molecule has 0 saturated heterocycles. The van der Waals surface area contributed by atoms with Crippen molar-refractivity contribution in [2.75, 3.05) is 17.2 Å². The van der Waals surface area contributed by atoms with Gasteiger partial charge in [0, 0.05) is 42.8 Å². The molecular formula is C30H27F2N7O5. The molecule has 1 atom stereocenters. The number of ether oxygens (including phenoxy) is 1. The van der Waals surface area contributed by atoms with Crippen LogP contribution in [0.4, 0.5) is 20.3 Å². The third-order valence-corrected chi connectivity index (χ3v) is 7.13. The fourth-order valence-electron chi connectivity index (χ4n) is 4.65. The van der Waals surface area contributed by atoms with E-state index >= 15 is 4.39 Å². The summed E-state index contributed by atoms with van der Waals surface area (Å²) >= 11 is 0. The highest BCUT2D eigenvalue weighted by atomic mass is 19.1. The number of anilines is 2. The molecule has 5 aromatic rings. The topological polar surface area (TPSA) is 156 Å². The molecule has 1 amide bonds. The molecule has 3 aromatic heterocycles. The molecule has 1 aliphatic rings. The zero-order valence-electron chi connectivity index (χ0n) is 23.4. The van der Waals surface area contributed by atoms with Crippen molar-refractivity contribution in [1.82, 2.24) is 24.3 Å². The van der Waals surface area contributed by atoms with Crippen molar-refractivity contribution in [2.24, 2.45) is 5.92 Å². The minimum Gasteiger partial charge on any atom is -0.453 e. The van der Waals surface area contributed by atoms with Gasteiger partial charge in [-0.2, -0.15) is 5.10 Å². The van der Waals surface area contributed by atoms with Crippen LogP contribution in [0.5, 0.6) is 11.5 Å². The maximum absolute atomic E-state index is 15.2. The fourth-order valence-corrected chi connectivity index (χ4v) is 4.65. The Kier molecular flexibility index (Phi) is 7.66. The van der Waals surface area contributed by atoms with Gasteiger partial charge in [-0.25, -0.2) is 23.1 Å². The summed E-state index contributed by atoms with van der Waals surface area (Å²) in [6.07, 6.45) is 4.50. The van der Waals surface area contributed by atoms with Crippen LogP contribution in [-0.2, 0) is 6.54 Å². The average molecular weight is 604 g/mol. The molecule has 14 heteroatoms. The maximum atomic E-state index is 15.2. The number of aromatic amines is 1. The molecular weight excluding hydrogens is 576 g/mol. The Morgan fingerprint density at radius 3 is 2.61 bits per heavy atom. The average Bonchev–Trinajstić information content (AvgIpc) is 3.74. The van der Waals surface area contributed by atoms with Gasteiger partial charge in [-0.3, -0.25) is 19.3 Å². The van der Waals surface area contributed by atoms with E-state index in [1.165, 1.54) is 47.3 Å². The van der Waals surface area contributed by atoms with E-state index in [0.717, 1.165) is 35.6 Å². The zero-order valence-corrected chi connectivity index (χ0v) is 23.4. The van der Waals surface area contributed by atoms with E-state index in [1.807, 2.05) is 0 Å². The van der Waals surface area contributed by atoms with Crippen molar-refractivity contribution < 1.29 is 23.4 Å². The standard InChI is InChI=1S/C30H27F2N7O5/c1-16(15-40)34-27-25-24(10-11-33-26(25)36-37-27)44-23-9-6-19(12-22(23)32)35-28(41)21-14-38(13-17-2-3-17)30(43)39(29(21)42)20-7-4-18(31)5-8-20/h4-12,14,16-17,40H,2-3,13,15H2,1H3,(H,35,41)(H2,33,34,36,37).